The molecule has 1 aliphatic rings. The number of aliphatic carboxylic acids is 1. The fraction of sp³-hybridized carbons (Fsp3) is 0.250. The zero-order chi connectivity index (χ0) is 21.9. The van der Waals surface area contributed by atoms with E-state index in [-0.39, 0.29) is 12.8 Å². The summed E-state index contributed by atoms with van der Waals surface area (Å²) in [5.41, 5.74) is 2.05. The van der Waals surface area contributed by atoms with E-state index in [1.807, 2.05) is 0 Å². The molecule has 0 spiro atoms. The summed E-state index contributed by atoms with van der Waals surface area (Å²) in [7, 11) is -3.52. The Hall–Kier alpha value is -2.91. The number of carbonyl (C=O) groups excluding carboxylic acids is 1. The van der Waals surface area contributed by atoms with Gasteiger partial charge in [0.1, 0.15) is 0 Å². The number of carboxylic acid groups (broad SMARTS) is 1. The molecule has 1 atom stereocenters. The van der Waals surface area contributed by atoms with Crippen LogP contribution in [0.5, 0.6) is 0 Å². The third-order valence-corrected chi connectivity index (χ3v) is 5.45. The number of nitrogens with one attached hydrogen (secondary N) is 1. The molecule has 0 aliphatic carbocycles. The number of para-hydroxylation sites is 1. The van der Waals surface area contributed by atoms with Crippen LogP contribution in [0.1, 0.15) is 36.4 Å². The quantitative estimate of drug-likeness (QED) is 0.673. The molecule has 2 N–H and O–H groups in total. The number of rotatable bonds is 7. The summed E-state index contributed by atoms with van der Waals surface area (Å²) in [5, 5.41) is 15.1. The van der Waals surface area contributed by atoms with Crippen molar-refractivity contribution in [3.05, 3.63) is 64.7 Å². The van der Waals surface area contributed by atoms with Crippen molar-refractivity contribution in [3.8, 4) is 0 Å². The summed E-state index contributed by atoms with van der Waals surface area (Å²) in [5.74, 6) is -1.53. The molecule has 0 bridgehead atoms. The molecule has 0 aromatic heterocycles. The Morgan fingerprint density at radius 1 is 1.17 bits per heavy atom. The highest BCUT2D eigenvalue weighted by Crippen LogP contribution is 2.37. The smallest absolute Gasteiger partial charge is 0.303 e. The molecule has 0 saturated heterocycles. The van der Waals surface area contributed by atoms with Crippen LogP contribution in [0, 0.1) is 0 Å². The first kappa shape index (κ1) is 21.8. The van der Waals surface area contributed by atoms with Gasteiger partial charge in [0, 0.05) is 23.4 Å². The van der Waals surface area contributed by atoms with Crippen molar-refractivity contribution in [1.29, 1.82) is 0 Å². The number of amides is 1. The lowest BCUT2D eigenvalue weighted by atomic mass is 9.97. The van der Waals surface area contributed by atoms with Crippen LogP contribution in [0.4, 0.5) is 5.69 Å². The predicted molar refractivity (Wildman–Crippen MR) is 114 cm³/mol. The highest BCUT2D eigenvalue weighted by molar-refractivity contribution is 7.92. The number of hydrogen-bond acceptors (Lipinski definition) is 5. The first-order valence-corrected chi connectivity index (χ1v) is 11.4. The monoisotopic (exact) mass is 449 g/mol. The van der Waals surface area contributed by atoms with Gasteiger partial charge in [-0.3, -0.25) is 14.3 Å². The van der Waals surface area contributed by atoms with Gasteiger partial charge in [0.05, 0.1) is 30.1 Å². The average Bonchev–Trinajstić information content (AvgIpc) is 3.10. The molecule has 0 fully saturated rings. The molecule has 0 unspecified atom stereocenters. The van der Waals surface area contributed by atoms with E-state index in [1.54, 1.807) is 48.5 Å². The summed E-state index contributed by atoms with van der Waals surface area (Å²) in [6.45, 7) is 0. The first-order chi connectivity index (χ1) is 14.2. The van der Waals surface area contributed by atoms with Crippen LogP contribution in [-0.2, 0) is 19.6 Å². The van der Waals surface area contributed by atoms with Crippen LogP contribution in [0.25, 0.3) is 0 Å². The number of sulfonamides is 1. The van der Waals surface area contributed by atoms with Gasteiger partial charge in [-0.1, -0.05) is 48.0 Å². The molecule has 8 nitrogen and oxygen atoms in total. The second-order valence-electron chi connectivity index (χ2n) is 6.84. The minimum Gasteiger partial charge on any atom is -0.481 e. The van der Waals surface area contributed by atoms with Crippen LogP contribution in [-0.4, -0.2) is 42.4 Å². The van der Waals surface area contributed by atoms with E-state index in [0.717, 1.165) is 6.26 Å². The molecule has 30 heavy (non-hydrogen) atoms. The number of hydrogen-bond donors (Lipinski definition) is 2. The van der Waals surface area contributed by atoms with Crippen LogP contribution in [0.15, 0.2) is 53.6 Å². The lowest BCUT2D eigenvalue weighted by Gasteiger charge is -2.22. The van der Waals surface area contributed by atoms with Crippen LogP contribution >= 0.6 is 11.6 Å². The maximum Gasteiger partial charge on any atom is 0.303 e. The van der Waals surface area contributed by atoms with E-state index in [2.05, 4.69) is 9.82 Å². The predicted octanol–water partition coefficient (Wildman–Crippen LogP) is 3.25. The lowest BCUT2D eigenvalue weighted by Crippen LogP contribution is -2.27. The second kappa shape index (κ2) is 8.85. The highest BCUT2D eigenvalue weighted by atomic mass is 35.5. The summed E-state index contributed by atoms with van der Waals surface area (Å²) in [4.78, 5) is 23.6. The van der Waals surface area contributed by atoms with Crippen LogP contribution < -0.4 is 4.72 Å². The Kier molecular flexibility index (Phi) is 6.42. The van der Waals surface area contributed by atoms with E-state index in [9.17, 15) is 18.0 Å². The number of halogens is 1. The Labute approximate surface area is 179 Å². The van der Waals surface area contributed by atoms with Crippen molar-refractivity contribution in [1.82, 2.24) is 5.01 Å². The van der Waals surface area contributed by atoms with Crippen LogP contribution in [0.3, 0.4) is 0 Å². The van der Waals surface area contributed by atoms with Gasteiger partial charge in [-0.25, -0.2) is 13.4 Å². The SMILES string of the molecule is CS(=O)(=O)Nc1ccccc1C1=NN(C(=O)CCC(=O)O)[C@H](c2ccccc2Cl)C1. The van der Waals surface area contributed by atoms with Gasteiger partial charge in [0.15, 0.2) is 0 Å². The van der Waals surface area contributed by atoms with Crippen LogP contribution in [0.2, 0.25) is 5.02 Å². The summed E-state index contributed by atoms with van der Waals surface area (Å²) in [6.07, 6.45) is 0.817. The third kappa shape index (κ3) is 5.17. The summed E-state index contributed by atoms with van der Waals surface area (Å²) >= 11 is 6.34. The molecule has 2 aromatic carbocycles. The molecule has 1 aliphatic heterocycles. The number of carboxylic acids is 1. The molecule has 10 heteroatoms. The topological polar surface area (TPSA) is 116 Å². The number of benzene rings is 2. The minimum absolute atomic E-state index is 0.212. The largest absolute Gasteiger partial charge is 0.481 e. The molecular weight excluding hydrogens is 430 g/mol. The lowest BCUT2D eigenvalue weighted by molar-refractivity contribution is -0.141. The van der Waals surface area contributed by atoms with Crippen molar-refractivity contribution >= 4 is 44.9 Å². The number of carbonyl (C=O) groups is 2. The van der Waals surface area contributed by atoms with Gasteiger partial charge in [0.25, 0.3) is 0 Å². The van der Waals surface area contributed by atoms with E-state index < -0.39 is 27.9 Å². The number of nitrogens with zero attached hydrogens (tertiary/aromatic N) is 2. The zero-order valence-corrected chi connectivity index (χ0v) is 17.7. The third-order valence-electron chi connectivity index (χ3n) is 4.52. The number of hydrazone groups is 1. The van der Waals surface area contributed by atoms with Crippen molar-refractivity contribution in [3.63, 3.8) is 0 Å². The molecule has 0 radical (unpaired) electrons. The molecule has 2 aromatic rings. The summed E-state index contributed by atoms with van der Waals surface area (Å²) in [6, 6.07) is 13.3. The van der Waals surface area contributed by atoms with Crippen molar-refractivity contribution in [2.45, 2.75) is 25.3 Å². The maximum absolute atomic E-state index is 12.7. The highest BCUT2D eigenvalue weighted by Gasteiger charge is 2.34. The molecule has 1 amide bonds. The number of anilines is 1. The average molecular weight is 450 g/mol. The molecular formula is C20H20ClN3O5S. The molecule has 3 rings (SSSR count). The van der Waals surface area contributed by atoms with Gasteiger partial charge < -0.3 is 5.11 Å². The van der Waals surface area contributed by atoms with E-state index in [4.69, 9.17) is 16.7 Å². The van der Waals surface area contributed by atoms with Crippen molar-refractivity contribution in [2.75, 3.05) is 11.0 Å². The van der Waals surface area contributed by atoms with Gasteiger partial charge in [-0.05, 0) is 17.7 Å². The molecule has 158 valence electrons. The summed E-state index contributed by atoms with van der Waals surface area (Å²) < 4.78 is 25.9. The normalized spacial score (nSPS) is 16.3. The Morgan fingerprint density at radius 2 is 1.83 bits per heavy atom. The Morgan fingerprint density at radius 3 is 2.50 bits per heavy atom. The standard InChI is InChI=1S/C20H20ClN3O5S/c1-30(28,29)23-16-9-5-3-7-14(16)17-12-18(13-6-2-4-8-15(13)21)24(22-17)19(25)10-11-20(26)27/h2-9,18,23H,10-12H2,1H3,(H,26,27)/t18-/m0/s1. The van der Waals surface area contributed by atoms with Gasteiger partial charge >= 0.3 is 5.97 Å². The maximum atomic E-state index is 12.7. The first-order valence-electron chi connectivity index (χ1n) is 9.08. The van der Waals surface area contributed by atoms with E-state index in [0.29, 0.717) is 34.0 Å². The van der Waals surface area contributed by atoms with Crippen molar-refractivity contribution < 1.29 is 23.1 Å². The minimum atomic E-state index is -3.52. The van der Waals surface area contributed by atoms with Gasteiger partial charge in [-0.2, -0.15) is 5.10 Å². The van der Waals surface area contributed by atoms with E-state index >= 15 is 0 Å². The zero-order valence-electron chi connectivity index (χ0n) is 16.1. The fourth-order valence-corrected chi connectivity index (χ4v) is 4.08. The Balaban J connectivity index is 2.01. The van der Waals surface area contributed by atoms with Gasteiger partial charge in [-0.15, -0.1) is 0 Å². The second-order valence-corrected chi connectivity index (χ2v) is 9.00. The van der Waals surface area contributed by atoms with Gasteiger partial charge in [0.2, 0.25) is 15.9 Å². The van der Waals surface area contributed by atoms with Crippen molar-refractivity contribution in [2.24, 2.45) is 5.10 Å². The Bertz CT molecular complexity index is 1120. The molecule has 0 saturated carbocycles. The fourth-order valence-electron chi connectivity index (χ4n) is 3.24. The molecule has 1 heterocycles. The van der Waals surface area contributed by atoms with E-state index in [1.165, 1.54) is 5.01 Å².